The first-order valence-corrected chi connectivity index (χ1v) is 20.5. The molecule has 0 unspecified atom stereocenters. The highest BCUT2D eigenvalue weighted by molar-refractivity contribution is 9.10. The van der Waals surface area contributed by atoms with Gasteiger partial charge in [0.25, 0.3) is 0 Å². The number of fused-ring (bicyclic) bond motifs is 3. The van der Waals surface area contributed by atoms with E-state index in [-0.39, 0.29) is 35.1 Å². The van der Waals surface area contributed by atoms with Crippen molar-refractivity contribution in [2.24, 2.45) is 10.1 Å². The Balaban J connectivity index is 0.000000217. The summed E-state index contributed by atoms with van der Waals surface area (Å²) in [6.07, 6.45) is 0.324. The highest BCUT2D eigenvalue weighted by Gasteiger charge is 2.27. The maximum atomic E-state index is 12.1. The van der Waals surface area contributed by atoms with Crippen molar-refractivity contribution in [1.29, 1.82) is 0 Å². The van der Waals surface area contributed by atoms with Crippen LogP contribution in [0, 0.1) is 0 Å². The fraction of sp³-hybridized carbons (Fsp3) is 0.375. The number of nitrogens with zero attached hydrogens (tertiary/aromatic N) is 3. The Morgan fingerprint density at radius 2 is 1.40 bits per heavy atom. The van der Waals surface area contributed by atoms with Gasteiger partial charge >= 0.3 is 0 Å². The lowest BCUT2D eigenvalue weighted by Crippen LogP contribution is -2.35. The van der Waals surface area contributed by atoms with E-state index < -0.39 is 22.0 Å². The zero-order valence-corrected chi connectivity index (χ0v) is 35.1. The molecule has 0 fully saturated rings. The molecular formula is C40H51Br2N5O3S2. The van der Waals surface area contributed by atoms with Gasteiger partial charge in [0.2, 0.25) is 0 Å². The number of aromatic nitrogens is 2. The molecule has 0 radical (unpaired) electrons. The summed E-state index contributed by atoms with van der Waals surface area (Å²) in [6.45, 7) is 15.4. The number of hydrogen-bond donors (Lipinski definition) is 3. The van der Waals surface area contributed by atoms with Crippen molar-refractivity contribution in [3.8, 4) is 0 Å². The van der Waals surface area contributed by atoms with Crippen molar-refractivity contribution in [2.45, 2.75) is 96.9 Å². The van der Waals surface area contributed by atoms with Gasteiger partial charge in [0, 0.05) is 26.1 Å². The topological polar surface area (TPSA) is 131 Å². The van der Waals surface area contributed by atoms with Crippen molar-refractivity contribution in [3.63, 3.8) is 0 Å². The summed E-state index contributed by atoms with van der Waals surface area (Å²) < 4.78 is 32.9. The average molecular weight is 874 g/mol. The molecule has 0 aliphatic heterocycles. The van der Waals surface area contributed by atoms with Gasteiger partial charge in [0.15, 0.2) is 0 Å². The highest BCUT2D eigenvalue weighted by Crippen LogP contribution is 2.29. The predicted molar refractivity (Wildman–Crippen MR) is 228 cm³/mol. The third kappa shape index (κ3) is 11.9. The maximum Gasteiger partial charge on any atom is 0.145 e. The van der Waals surface area contributed by atoms with Crippen LogP contribution < -0.4 is 10.5 Å². The van der Waals surface area contributed by atoms with Crippen LogP contribution in [0.25, 0.3) is 21.8 Å². The third-order valence-corrected chi connectivity index (χ3v) is 12.1. The van der Waals surface area contributed by atoms with Crippen LogP contribution >= 0.6 is 31.9 Å². The van der Waals surface area contributed by atoms with Gasteiger partial charge in [-0.1, -0.05) is 87.8 Å². The molecule has 0 bridgehead atoms. The minimum absolute atomic E-state index is 0. The van der Waals surface area contributed by atoms with E-state index in [4.69, 9.17) is 5.73 Å². The van der Waals surface area contributed by atoms with Crippen LogP contribution in [0.3, 0.4) is 0 Å². The lowest BCUT2D eigenvalue weighted by Gasteiger charge is -2.21. The van der Waals surface area contributed by atoms with Gasteiger partial charge in [0.1, 0.15) is 11.0 Å². The molecule has 8 nitrogen and oxygen atoms in total. The molecule has 6 rings (SSSR count). The van der Waals surface area contributed by atoms with Crippen molar-refractivity contribution in [2.75, 3.05) is 0 Å². The number of nitrogens with two attached hydrogens (primary N) is 1. The standard InChI is InChI=1S/C15H19BrN2OS.C15H17BrN2OS.C9H11NO.CH4/c2*1-10(18-20(19)15(2,3)4)13-8-6-11-5-7-12(16)9-14(11)17-13;10-9-7-4-2-1-3-6(7)5-8(9)11;/h5-10,18H,1-4H3;5-9H,1-4H3;1-4,8-9,11H,5,10H2;1H4/t10-,20-;20-;8-,9+;/m111./s1. The first-order chi connectivity index (χ1) is 23.8. The molecule has 0 saturated heterocycles. The van der Waals surface area contributed by atoms with Crippen LogP contribution in [-0.2, 0) is 28.4 Å². The largest absolute Gasteiger partial charge is 0.391 e. The Kier molecular flexibility index (Phi) is 15.6. The Labute approximate surface area is 331 Å². The summed E-state index contributed by atoms with van der Waals surface area (Å²) in [4.78, 5) is 9.22. The molecule has 0 saturated carbocycles. The van der Waals surface area contributed by atoms with Crippen LogP contribution in [0.4, 0.5) is 0 Å². The molecule has 2 heterocycles. The molecular weight excluding hydrogens is 822 g/mol. The summed E-state index contributed by atoms with van der Waals surface area (Å²) in [5.41, 5.74) is 12.2. The van der Waals surface area contributed by atoms with Crippen molar-refractivity contribution >= 4 is 81.3 Å². The van der Waals surface area contributed by atoms with E-state index in [9.17, 15) is 13.5 Å². The molecule has 3 aromatic carbocycles. The second kappa shape index (κ2) is 18.6. The third-order valence-electron chi connectivity index (χ3n) is 7.99. The van der Waals surface area contributed by atoms with E-state index in [1.165, 1.54) is 5.56 Å². The molecule has 12 heteroatoms. The molecule has 2 aromatic heterocycles. The van der Waals surface area contributed by atoms with Crippen LogP contribution in [0.1, 0.15) is 97.4 Å². The van der Waals surface area contributed by atoms with E-state index >= 15 is 0 Å². The van der Waals surface area contributed by atoms with Crippen molar-refractivity contribution in [1.82, 2.24) is 14.7 Å². The second-order valence-corrected chi connectivity index (χ2v) is 20.1. The highest BCUT2D eigenvalue weighted by atomic mass is 79.9. The van der Waals surface area contributed by atoms with E-state index in [1.54, 1.807) is 0 Å². The van der Waals surface area contributed by atoms with E-state index in [2.05, 4.69) is 50.9 Å². The van der Waals surface area contributed by atoms with Crippen molar-refractivity contribution in [3.05, 3.63) is 116 Å². The zero-order chi connectivity index (χ0) is 37.7. The van der Waals surface area contributed by atoms with E-state index in [0.717, 1.165) is 47.7 Å². The number of pyridine rings is 2. The molecule has 0 amide bonds. The Bertz CT molecular complexity index is 2080. The fourth-order valence-corrected chi connectivity index (χ4v) is 7.06. The summed E-state index contributed by atoms with van der Waals surface area (Å²) in [6, 6.07) is 27.6. The SMILES string of the molecule is C.CC(=N[S@](=O)C(C)(C)C)c1ccc2ccc(Br)cc2n1.C[C@@H](N[S@](=O)C(C)(C)C)c1ccc2ccc(Br)cc2n1.N[C@H]1c2ccccc2C[C@H]1O. The number of nitrogens with one attached hydrogen (secondary N) is 1. The maximum absolute atomic E-state index is 12.1. The van der Waals surface area contributed by atoms with Crippen LogP contribution in [0.5, 0.6) is 0 Å². The Hall–Kier alpha value is -2.71. The first kappa shape index (κ1) is 43.7. The fourth-order valence-electron chi connectivity index (χ4n) is 4.95. The molecule has 0 spiro atoms. The quantitative estimate of drug-likeness (QED) is 0.151. The van der Waals surface area contributed by atoms with Gasteiger partial charge in [-0.15, -0.1) is 0 Å². The normalized spacial score (nSPS) is 17.5. The minimum Gasteiger partial charge on any atom is -0.391 e. The van der Waals surface area contributed by atoms with Crippen LogP contribution in [0.15, 0.2) is 98.3 Å². The van der Waals surface area contributed by atoms with E-state index in [0.29, 0.717) is 12.1 Å². The molecule has 5 atom stereocenters. The number of halogens is 2. The monoisotopic (exact) mass is 871 g/mol. The van der Waals surface area contributed by atoms with Gasteiger partial charge in [-0.2, -0.15) is 4.40 Å². The van der Waals surface area contributed by atoms with Crippen molar-refractivity contribution < 1.29 is 13.5 Å². The van der Waals surface area contributed by atoms with Gasteiger partial charge in [-0.3, -0.25) is 4.98 Å². The molecule has 4 N–H and O–H groups in total. The molecule has 52 heavy (non-hydrogen) atoms. The Morgan fingerprint density at radius 1 is 0.865 bits per heavy atom. The molecule has 280 valence electrons. The van der Waals surface area contributed by atoms with Gasteiger partial charge in [-0.05, 0) is 103 Å². The van der Waals surface area contributed by atoms with Gasteiger partial charge in [0.05, 0.1) is 66.8 Å². The summed E-state index contributed by atoms with van der Waals surface area (Å²) in [7, 11) is -2.37. The number of aliphatic hydroxyl groups excluding tert-OH is 1. The average Bonchev–Trinajstić information content (AvgIpc) is 3.36. The smallest absolute Gasteiger partial charge is 0.145 e. The number of benzene rings is 3. The zero-order valence-electron chi connectivity index (χ0n) is 30.3. The predicted octanol–water partition coefficient (Wildman–Crippen LogP) is 9.62. The summed E-state index contributed by atoms with van der Waals surface area (Å²) in [5, 5.41) is 11.6. The number of aliphatic hydroxyl groups is 1. The van der Waals surface area contributed by atoms with E-state index in [1.807, 2.05) is 140 Å². The molecule has 1 aliphatic rings. The Morgan fingerprint density at radius 3 is 1.96 bits per heavy atom. The second-order valence-electron chi connectivity index (χ2n) is 14.4. The lowest BCUT2D eigenvalue weighted by atomic mass is 10.1. The van der Waals surface area contributed by atoms with Crippen LogP contribution in [-0.4, -0.2) is 44.8 Å². The molecule has 5 aromatic rings. The number of rotatable bonds is 5. The summed E-state index contributed by atoms with van der Waals surface area (Å²) in [5.74, 6) is 0. The van der Waals surface area contributed by atoms with Crippen LogP contribution in [0.2, 0.25) is 0 Å². The first-order valence-electron chi connectivity index (χ1n) is 16.6. The lowest BCUT2D eigenvalue weighted by molar-refractivity contribution is 0.158. The summed E-state index contributed by atoms with van der Waals surface area (Å²) >= 11 is 6.90. The van der Waals surface area contributed by atoms with Gasteiger partial charge < -0.3 is 10.8 Å². The molecule has 1 aliphatic carbocycles. The van der Waals surface area contributed by atoms with Gasteiger partial charge in [-0.25, -0.2) is 18.1 Å². The minimum atomic E-state index is -1.27. The number of hydrogen-bond acceptors (Lipinski definition) is 6.